The van der Waals surface area contributed by atoms with Gasteiger partial charge in [0.15, 0.2) is 0 Å². The van der Waals surface area contributed by atoms with Crippen molar-refractivity contribution >= 4 is 17.8 Å². The minimum absolute atomic E-state index is 0.00181. The molecule has 2 heterocycles. The highest BCUT2D eigenvalue weighted by Crippen LogP contribution is 2.35. The van der Waals surface area contributed by atoms with Crippen LogP contribution >= 0.6 is 0 Å². The second-order valence-electron chi connectivity index (χ2n) is 7.97. The molecule has 2 aliphatic rings. The zero-order valence-corrected chi connectivity index (χ0v) is 16.3. The molecule has 3 rings (SSSR count). The molecule has 0 saturated carbocycles. The number of carboxylic acid groups (broad SMARTS) is 1. The molecule has 2 amide bonds. The summed E-state index contributed by atoms with van der Waals surface area (Å²) in [7, 11) is 0. The van der Waals surface area contributed by atoms with Gasteiger partial charge >= 0.3 is 5.97 Å². The first-order valence-corrected chi connectivity index (χ1v) is 10.0. The van der Waals surface area contributed by atoms with Gasteiger partial charge in [-0.25, -0.2) is 4.39 Å². The molecular formula is C21H27FN2O5. The van der Waals surface area contributed by atoms with Gasteiger partial charge in [-0.3, -0.25) is 14.4 Å². The van der Waals surface area contributed by atoms with E-state index in [4.69, 9.17) is 0 Å². The van der Waals surface area contributed by atoms with Crippen molar-refractivity contribution in [2.75, 3.05) is 26.2 Å². The maximum Gasteiger partial charge on any atom is 0.314 e. The second kappa shape index (κ2) is 8.90. The van der Waals surface area contributed by atoms with Crippen molar-refractivity contribution in [3.05, 3.63) is 35.6 Å². The lowest BCUT2D eigenvalue weighted by Gasteiger charge is -2.43. The molecule has 1 aromatic rings. The van der Waals surface area contributed by atoms with Crippen LogP contribution in [0.2, 0.25) is 0 Å². The van der Waals surface area contributed by atoms with Crippen LogP contribution in [-0.4, -0.2) is 70.1 Å². The van der Waals surface area contributed by atoms with Gasteiger partial charge in [0.1, 0.15) is 11.2 Å². The molecule has 0 spiro atoms. The Balaban J connectivity index is 1.69. The monoisotopic (exact) mass is 406 g/mol. The molecule has 7 nitrogen and oxygen atoms in total. The second-order valence-corrected chi connectivity index (χ2v) is 7.97. The summed E-state index contributed by atoms with van der Waals surface area (Å²) in [5.41, 5.74) is -0.965. The number of benzene rings is 1. The minimum atomic E-state index is -1.55. The predicted octanol–water partition coefficient (Wildman–Crippen LogP) is 1.43. The molecule has 2 fully saturated rings. The number of piperidine rings is 2. The third-order valence-electron chi connectivity index (χ3n) is 6.01. The normalized spacial score (nSPS) is 25.2. The standard InChI is InChI=1S/C21H27FN2O5/c22-16-6-4-15(5-7-16)13-21(20(28)29)14-24(11-8-17(21)25)19(27)9-12-23-10-2-1-3-18(23)26/h4-7,17,25H,1-3,8-14H2,(H,28,29)/t17-,21+/m0/s1. The Hall–Kier alpha value is -2.48. The van der Waals surface area contributed by atoms with Crippen molar-refractivity contribution < 1.29 is 29.0 Å². The first-order chi connectivity index (χ1) is 13.8. The fourth-order valence-electron chi connectivity index (χ4n) is 4.21. The molecule has 29 heavy (non-hydrogen) atoms. The number of hydrogen-bond donors (Lipinski definition) is 2. The molecule has 8 heteroatoms. The number of carbonyl (C=O) groups excluding carboxylic acids is 2. The van der Waals surface area contributed by atoms with Gasteiger partial charge in [0.25, 0.3) is 0 Å². The molecule has 0 unspecified atom stereocenters. The highest BCUT2D eigenvalue weighted by molar-refractivity contribution is 5.81. The van der Waals surface area contributed by atoms with Crippen LogP contribution in [0, 0.1) is 11.2 Å². The van der Waals surface area contributed by atoms with Crippen LogP contribution < -0.4 is 0 Å². The van der Waals surface area contributed by atoms with E-state index in [1.807, 2.05) is 0 Å². The highest BCUT2D eigenvalue weighted by Gasteiger charge is 2.50. The van der Waals surface area contributed by atoms with Gasteiger partial charge in [-0.15, -0.1) is 0 Å². The summed E-state index contributed by atoms with van der Waals surface area (Å²) in [4.78, 5) is 39.9. The number of carboxylic acids is 1. The van der Waals surface area contributed by atoms with Crippen molar-refractivity contribution in [3.8, 4) is 0 Å². The van der Waals surface area contributed by atoms with Crippen molar-refractivity contribution in [1.29, 1.82) is 0 Å². The number of carbonyl (C=O) groups is 3. The van der Waals surface area contributed by atoms with E-state index in [0.29, 0.717) is 25.1 Å². The Labute approximate surface area is 169 Å². The lowest BCUT2D eigenvalue weighted by atomic mass is 9.72. The van der Waals surface area contributed by atoms with E-state index in [0.717, 1.165) is 12.8 Å². The molecule has 2 atom stereocenters. The maximum atomic E-state index is 13.2. The van der Waals surface area contributed by atoms with E-state index in [1.54, 1.807) is 4.90 Å². The topological polar surface area (TPSA) is 98.2 Å². The van der Waals surface area contributed by atoms with Crippen LogP contribution in [0.3, 0.4) is 0 Å². The molecule has 2 N–H and O–H groups in total. The van der Waals surface area contributed by atoms with E-state index in [9.17, 15) is 29.0 Å². The van der Waals surface area contributed by atoms with Gasteiger partial charge in [-0.1, -0.05) is 12.1 Å². The molecular weight excluding hydrogens is 379 g/mol. The van der Waals surface area contributed by atoms with Crippen molar-refractivity contribution in [2.45, 2.75) is 44.6 Å². The summed E-state index contributed by atoms with van der Waals surface area (Å²) >= 11 is 0. The average Bonchev–Trinajstić information content (AvgIpc) is 2.70. The van der Waals surface area contributed by atoms with Crippen LogP contribution in [0.25, 0.3) is 0 Å². The lowest BCUT2D eigenvalue weighted by molar-refractivity contribution is -0.165. The van der Waals surface area contributed by atoms with Crippen molar-refractivity contribution in [1.82, 2.24) is 9.80 Å². The van der Waals surface area contributed by atoms with Crippen LogP contribution in [0.15, 0.2) is 24.3 Å². The van der Waals surface area contributed by atoms with E-state index >= 15 is 0 Å². The van der Waals surface area contributed by atoms with Gasteiger partial charge in [0, 0.05) is 39.0 Å². The molecule has 158 valence electrons. The van der Waals surface area contributed by atoms with Crippen molar-refractivity contribution in [2.24, 2.45) is 5.41 Å². The van der Waals surface area contributed by atoms with E-state index in [2.05, 4.69) is 0 Å². The van der Waals surface area contributed by atoms with Crippen LogP contribution in [0.5, 0.6) is 0 Å². The van der Waals surface area contributed by atoms with Crippen LogP contribution in [0.1, 0.15) is 37.7 Å². The van der Waals surface area contributed by atoms with Gasteiger partial charge in [-0.2, -0.15) is 0 Å². The minimum Gasteiger partial charge on any atom is -0.481 e. The largest absolute Gasteiger partial charge is 0.481 e. The number of aliphatic carboxylic acids is 1. The third-order valence-corrected chi connectivity index (χ3v) is 6.01. The molecule has 0 aliphatic carbocycles. The Morgan fingerprint density at radius 1 is 1.17 bits per heavy atom. The number of likely N-dealkylation sites (tertiary alicyclic amines) is 2. The quantitative estimate of drug-likeness (QED) is 0.745. The van der Waals surface area contributed by atoms with E-state index in [-0.39, 0.29) is 44.2 Å². The summed E-state index contributed by atoms with van der Waals surface area (Å²) in [5, 5.41) is 20.4. The third kappa shape index (κ3) is 4.75. The number of rotatable bonds is 6. The summed E-state index contributed by atoms with van der Waals surface area (Å²) in [6, 6.07) is 5.49. The number of hydrogen-bond acceptors (Lipinski definition) is 4. The Morgan fingerprint density at radius 3 is 2.55 bits per heavy atom. The summed E-state index contributed by atoms with van der Waals surface area (Å²) in [6.07, 6.45) is 1.48. The Kier molecular flexibility index (Phi) is 6.52. The molecule has 2 aliphatic heterocycles. The smallest absolute Gasteiger partial charge is 0.314 e. The van der Waals surface area contributed by atoms with E-state index in [1.165, 1.54) is 29.2 Å². The maximum absolute atomic E-state index is 13.2. The Bertz CT molecular complexity index is 769. The van der Waals surface area contributed by atoms with Crippen LogP contribution in [0.4, 0.5) is 4.39 Å². The number of aliphatic hydroxyl groups excluding tert-OH is 1. The average molecular weight is 406 g/mol. The SMILES string of the molecule is O=C1CCCCN1CCC(=O)N1CC[C@H](O)[C@](Cc2ccc(F)cc2)(C(=O)O)C1. The summed E-state index contributed by atoms with van der Waals surface area (Å²) in [6.45, 7) is 1.13. The number of amides is 2. The molecule has 0 bridgehead atoms. The fraction of sp³-hybridized carbons (Fsp3) is 0.571. The lowest BCUT2D eigenvalue weighted by Crippen LogP contribution is -2.58. The zero-order chi connectivity index (χ0) is 21.0. The number of nitrogens with zero attached hydrogens (tertiary/aromatic N) is 2. The van der Waals surface area contributed by atoms with Gasteiger partial charge in [0.05, 0.1) is 6.10 Å². The Morgan fingerprint density at radius 2 is 1.90 bits per heavy atom. The van der Waals surface area contributed by atoms with Crippen LogP contribution in [-0.2, 0) is 20.8 Å². The molecule has 1 aromatic carbocycles. The summed E-state index contributed by atoms with van der Waals surface area (Å²) < 4.78 is 13.2. The predicted molar refractivity (Wildman–Crippen MR) is 102 cm³/mol. The first kappa shape index (κ1) is 21.2. The zero-order valence-electron chi connectivity index (χ0n) is 16.3. The fourth-order valence-corrected chi connectivity index (χ4v) is 4.21. The number of aliphatic hydroxyl groups is 1. The molecule has 0 aromatic heterocycles. The molecule has 0 radical (unpaired) electrons. The first-order valence-electron chi connectivity index (χ1n) is 10.0. The van der Waals surface area contributed by atoms with Gasteiger partial charge in [0.2, 0.25) is 11.8 Å². The number of halogens is 1. The van der Waals surface area contributed by atoms with Gasteiger partial charge in [-0.05, 0) is 43.4 Å². The molecule has 2 saturated heterocycles. The highest BCUT2D eigenvalue weighted by atomic mass is 19.1. The van der Waals surface area contributed by atoms with Crippen molar-refractivity contribution in [3.63, 3.8) is 0 Å². The summed E-state index contributed by atoms with van der Waals surface area (Å²) in [5.74, 6) is -1.78. The van der Waals surface area contributed by atoms with E-state index < -0.39 is 23.3 Å². The van der Waals surface area contributed by atoms with Gasteiger partial charge < -0.3 is 20.0 Å².